The number of nitrogens with zero attached hydrogens (tertiary/aromatic N) is 1. The van der Waals surface area contributed by atoms with Crippen molar-refractivity contribution in [2.45, 2.75) is 39.5 Å². The molecule has 0 bridgehead atoms. The molecule has 1 nitrogen and oxygen atoms in total. The molecule has 0 N–H and O–H groups in total. The highest BCUT2D eigenvalue weighted by atomic mass is 15.1. The van der Waals surface area contributed by atoms with Crippen molar-refractivity contribution in [3.63, 3.8) is 0 Å². The molecule has 0 fully saturated rings. The summed E-state index contributed by atoms with van der Waals surface area (Å²) in [6, 6.07) is 43.2. The lowest BCUT2D eigenvalue weighted by Gasteiger charge is -2.27. The summed E-state index contributed by atoms with van der Waals surface area (Å²) in [7, 11) is 0. The smallest absolute Gasteiger partial charge is 0.0464 e. The molecule has 1 aliphatic rings. The van der Waals surface area contributed by atoms with E-state index in [1.807, 2.05) is 0 Å². The summed E-state index contributed by atoms with van der Waals surface area (Å²) in [5.74, 6) is 0. The van der Waals surface area contributed by atoms with Crippen molar-refractivity contribution in [1.29, 1.82) is 0 Å². The highest BCUT2D eigenvalue weighted by molar-refractivity contribution is 6.23. The minimum atomic E-state index is 1.18. The Morgan fingerprint density at radius 2 is 0.953 bits per heavy atom. The van der Waals surface area contributed by atoms with Gasteiger partial charge in [0.1, 0.15) is 0 Å². The normalized spacial score (nSPS) is 13.3. The SMILES string of the molecule is Cc1ccc(N(c2ccc(C=Cc3cc4ccc5cc(C)cc6ccc(c3)c4c56)cc2)c2ccc3c(c2)CCCC3)cc1. The second-order valence-electron chi connectivity index (χ2n) is 12.3. The zero-order valence-electron chi connectivity index (χ0n) is 24.9. The van der Waals surface area contributed by atoms with E-state index in [-0.39, 0.29) is 0 Å². The third kappa shape index (κ3) is 4.76. The molecule has 208 valence electrons. The zero-order chi connectivity index (χ0) is 28.9. The Kier molecular flexibility index (Phi) is 6.26. The van der Waals surface area contributed by atoms with Crippen molar-refractivity contribution in [1.82, 2.24) is 0 Å². The van der Waals surface area contributed by atoms with Crippen molar-refractivity contribution >= 4 is 61.5 Å². The molecule has 1 aliphatic carbocycles. The highest BCUT2D eigenvalue weighted by Crippen LogP contribution is 2.38. The van der Waals surface area contributed by atoms with Crippen LogP contribution >= 0.6 is 0 Å². The van der Waals surface area contributed by atoms with Gasteiger partial charge in [0.05, 0.1) is 0 Å². The summed E-state index contributed by atoms with van der Waals surface area (Å²) in [5, 5.41) is 8.00. The number of fused-ring (bicyclic) bond motifs is 1. The average Bonchev–Trinajstić information content (AvgIpc) is 3.04. The number of anilines is 3. The molecule has 43 heavy (non-hydrogen) atoms. The van der Waals surface area contributed by atoms with E-state index >= 15 is 0 Å². The van der Waals surface area contributed by atoms with Crippen molar-refractivity contribution in [2.75, 3.05) is 4.90 Å². The van der Waals surface area contributed by atoms with Gasteiger partial charge in [-0.25, -0.2) is 0 Å². The Labute approximate surface area is 254 Å². The predicted molar refractivity (Wildman–Crippen MR) is 186 cm³/mol. The third-order valence-electron chi connectivity index (χ3n) is 9.20. The summed E-state index contributed by atoms with van der Waals surface area (Å²) in [6.07, 6.45) is 9.45. The Morgan fingerprint density at radius 3 is 1.58 bits per heavy atom. The van der Waals surface area contributed by atoms with Gasteiger partial charge < -0.3 is 4.90 Å². The average molecular weight is 554 g/mol. The topological polar surface area (TPSA) is 3.24 Å². The molecular formula is C42H35N. The molecule has 1 heteroatoms. The highest BCUT2D eigenvalue weighted by Gasteiger charge is 2.16. The Morgan fingerprint density at radius 1 is 0.442 bits per heavy atom. The summed E-state index contributed by atoms with van der Waals surface area (Å²) in [5.41, 5.74) is 11.6. The largest absolute Gasteiger partial charge is 0.310 e. The number of aryl methyl sites for hydroxylation is 4. The molecule has 0 spiro atoms. The lowest BCUT2D eigenvalue weighted by atomic mass is 9.91. The lowest BCUT2D eigenvalue weighted by molar-refractivity contribution is 0.685. The van der Waals surface area contributed by atoms with Crippen LogP contribution in [0.25, 0.3) is 44.5 Å². The van der Waals surface area contributed by atoms with Crippen LogP contribution in [0.5, 0.6) is 0 Å². The van der Waals surface area contributed by atoms with Crippen LogP contribution in [0.4, 0.5) is 17.1 Å². The van der Waals surface area contributed by atoms with Crippen LogP contribution in [-0.2, 0) is 12.8 Å². The van der Waals surface area contributed by atoms with Gasteiger partial charge in [-0.2, -0.15) is 0 Å². The van der Waals surface area contributed by atoms with Gasteiger partial charge in [-0.05, 0) is 148 Å². The third-order valence-corrected chi connectivity index (χ3v) is 9.20. The summed E-state index contributed by atoms with van der Waals surface area (Å²) in [6.45, 7) is 4.33. The zero-order valence-corrected chi connectivity index (χ0v) is 24.9. The Bertz CT molecular complexity index is 2060. The van der Waals surface area contributed by atoms with Crippen LogP contribution in [0.3, 0.4) is 0 Å². The lowest BCUT2D eigenvalue weighted by Crippen LogP contribution is -2.12. The van der Waals surface area contributed by atoms with Crippen molar-refractivity contribution < 1.29 is 0 Å². The second kappa shape index (κ2) is 10.4. The fourth-order valence-electron chi connectivity index (χ4n) is 7.04. The minimum absolute atomic E-state index is 1.18. The van der Waals surface area contributed by atoms with E-state index in [0.717, 1.165) is 0 Å². The number of benzene rings is 7. The molecule has 0 heterocycles. The van der Waals surface area contributed by atoms with Crippen LogP contribution < -0.4 is 4.90 Å². The second-order valence-corrected chi connectivity index (χ2v) is 12.3. The van der Waals surface area contributed by atoms with Crippen LogP contribution in [0, 0.1) is 13.8 Å². The summed E-state index contributed by atoms with van der Waals surface area (Å²) >= 11 is 0. The maximum atomic E-state index is 2.41. The first-order valence-corrected chi connectivity index (χ1v) is 15.6. The fourth-order valence-corrected chi connectivity index (χ4v) is 7.04. The Balaban J connectivity index is 1.12. The van der Waals surface area contributed by atoms with Gasteiger partial charge in [-0.1, -0.05) is 84.4 Å². The predicted octanol–water partition coefficient (Wildman–Crippen LogP) is 11.7. The molecule has 0 saturated heterocycles. The molecule has 0 saturated carbocycles. The van der Waals surface area contributed by atoms with Gasteiger partial charge in [0.2, 0.25) is 0 Å². The van der Waals surface area contributed by atoms with E-state index in [2.05, 4.69) is 146 Å². The quantitative estimate of drug-likeness (QED) is 0.151. The van der Waals surface area contributed by atoms with E-state index in [0.29, 0.717) is 0 Å². The van der Waals surface area contributed by atoms with E-state index in [4.69, 9.17) is 0 Å². The number of rotatable bonds is 5. The van der Waals surface area contributed by atoms with Crippen molar-refractivity contribution in [2.24, 2.45) is 0 Å². The first-order valence-electron chi connectivity index (χ1n) is 15.6. The molecule has 0 aromatic heterocycles. The van der Waals surface area contributed by atoms with E-state index in [1.54, 1.807) is 0 Å². The first kappa shape index (κ1) is 25.8. The van der Waals surface area contributed by atoms with Gasteiger partial charge in [0, 0.05) is 17.1 Å². The first-order chi connectivity index (χ1) is 21.1. The van der Waals surface area contributed by atoms with E-state index in [9.17, 15) is 0 Å². The van der Waals surface area contributed by atoms with Crippen LogP contribution in [0.1, 0.15) is 46.2 Å². The number of hydrogen-bond acceptors (Lipinski definition) is 1. The van der Waals surface area contributed by atoms with Gasteiger partial charge in [-0.3, -0.25) is 0 Å². The summed E-state index contributed by atoms with van der Waals surface area (Å²) < 4.78 is 0. The van der Waals surface area contributed by atoms with Gasteiger partial charge >= 0.3 is 0 Å². The molecule has 0 unspecified atom stereocenters. The fraction of sp³-hybridized carbons (Fsp3) is 0.143. The summed E-state index contributed by atoms with van der Waals surface area (Å²) in [4.78, 5) is 2.39. The standard InChI is InChI=1S/C42H35N/c1-28-7-18-38(19-8-28)43(40-22-17-32-5-3-4-6-33(32)27-40)39-20-11-30(12-21-39)9-10-31-25-36-15-13-34-23-29(2)24-35-14-16-37(26-31)42(36)41(34)35/h7-27H,3-6H2,1-2H3. The molecule has 0 aliphatic heterocycles. The van der Waals surface area contributed by atoms with E-state index in [1.165, 1.54) is 108 Å². The van der Waals surface area contributed by atoms with Gasteiger partial charge in [0.15, 0.2) is 0 Å². The van der Waals surface area contributed by atoms with Crippen LogP contribution in [-0.4, -0.2) is 0 Å². The van der Waals surface area contributed by atoms with Crippen LogP contribution in [0.15, 0.2) is 115 Å². The van der Waals surface area contributed by atoms with Gasteiger partial charge in [-0.15, -0.1) is 0 Å². The molecule has 7 aromatic rings. The maximum Gasteiger partial charge on any atom is 0.0464 e. The van der Waals surface area contributed by atoms with Crippen molar-refractivity contribution in [3.05, 3.63) is 149 Å². The van der Waals surface area contributed by atoms with E-state index < -0.39 is 0 Å². The van der Waals surface area contributed by atoms with Gasteiger partial charge in [0.25, 0.3) is 0 Å². The molecule has 8 rings (SSSR count). The van der Waals surface area contributed by atoms with Crippen LogP contribution in [0.2, 0.25) is 0 Å². The molecule has 0 radical (unpaired) electrons. The number of hydrogen-bond donors (Lipinski definition) is 0. The maximum absolute atomic E-state index is 2.41. The monoisotopic (exact) mass is 553 g/mol. The van der Waals surface area contributed by atoms with Crippen molar-refractivity contribution in [3.8, 4) is 0 Å². The minimum Gasteiger partial charge on any atom is -0.310 e. The molecule has 0 atom stereocenters. The Hall–Kier alpha value is -4.88. The molecular weight excluding hydrogens is 518 g/mol. The molecule has 7 aromatic carbocycles. The molecule has 0 amide bonds.